The van der Waals surface area contributed by atoms with Crippen LogP contribution in [0.5, 0.6) is 0 Å². The van der Waals surface area contributed by atoms with E-state index in [0.717, 1.165) is 25.2 Å². The second-order valence-electron chi connectivity index (χ2n) is 6.04. The van der Waals surface area contributed by atoms with Crippen molar-refractivity contribution in [2.45, 2.75) is 19.4 Å². The van der Waals surface area contributed by atoms with Gasteiger partial charge in [0.15, 0.2) is 0 Å². The fraction of sp³-hybridized carbons (Fsp3) is 0.316. The molecule has 2 aromatic carbocycles. The van der Waals surface area contributed by atoms with E-state index in [9.17, 15) is 4.79 Å². The SMILES string of the molecule is CN1CCc2c(-c3ccccc3)ccc(NCCC(=O)O)c2C1. The molecule has 0 atom stereocenters. The molecule has 4 nitrogen and oxygen atoms in total. The molecule has 0 fully saturated rings. The second-order valence-corrected chi connectivity index (χ2v) is 6.04. The Balaban J connectivity index is 1.95. The molecule has 23 heavy (non-hydrogen) atoms. The van der Waals surface area contributed by atoms with E-state index >= 15 is 0 Å². The molecule has 3 rings (SSSR count). The molecule has 2 aromatic rings. The Bertz CT molecular complexity index is 698. The molecule has 4 heteroatoms. The summed E-state index contributed by atoms with van der Waals surface area (Å²) in [6.45, 7) is 2.40. The number of rotatable bonds is 5. The number of carbonyl (C=O) groups is 1. The maximum Gasteiger partial charge on any atom is 0.305 e. The van der Waals surface area contributed by atoms with Gasteiger partial charge in [0, 0.05) is 25.3 Å². The molecular formula is C19H22N2O2. The van der Waals surface area contributed by atoms with E-state index in [1.54, 1.807) is 0 Å². The molecule has 2 N–H and O–H groups in total. The molecule has 0 radical (unpaired) electrons. The molecule has 1 aliphatic heterocycles. The Hall–Kier alpha value is -2.33. The van der Waals surface area contributed by atoms with Crippen LogP contribution >= 0.6 is 0 Å². The molecule has 1 aliphatic rings. The molecule has 0 spiro atoms. The van der Waals surface area contributed by atoms with Crippen molar-refractivity contribution in [2.24, 2.45) is 0 Å². The largest absolute Gasteiger partial charge is 0.481 e. The van der Waals surface area contributed by atoms with Crippen LogP contribution in [0.15, 0.2) is 42.5 Å². The number of hydrogen-bond acceptors (Lipinski definition) is 3. The average molecular weight is 310 g/mol. The summed E-state index contributed by atoms with van der Waals surface area (Å²) in [5, 5.41) is 12.1. The Morgan fingerprint density at radius 3 is 2.70 bits per heavy atom. The first-order valence-corrected chi connectivity index (χ1v) is 7.99. The fourth-order valence-electron chi connectivity index (χ4n) is 3.17. The lowest BCUT2D eigenvalue weighted by Gasteiger charge is -2.29. The van der Waals surface area contributed by atoms with Crippen LogP contribution < -0.4 is 5.32 Å². The highest BCUT2D eigenvalue weighted by Crippen LogP contribution is 2.34. The van der Waals surface area contributed by atoms with Gasteiger partial charge in [0.05, 0.1) is 6.42 Å². The van der Waals surface area contributed by atoms with Gasteiger partial charge in [-0.05, 0) is 41.8 Å². The third-order valence-corrected chi connectivity index (χ3v) is 4.34. The van der Waals surface area contributed by atoms with Crippen molar-refractivity contribution in [3.63, 3.8) is 0 Å². The number of benzene rings is 2. The van der Waals surface area contributed by atoms with Crippen molar-refractivity contribution in [1.29, 1.82) is 0 Å². The molecule has 0 saturated carbocycles. The quantitative estimate of drug-likeness (QED) is 0.890. The Labute approximate surface area is 136 Å². The van der Waals surface area contributed by atoms with Gasteiger partial charge in [-0.1, -0.05) is 36.4 Å². The van der Waals surface area contributed by atoms with Gasteiger partial charge in [-0.3, -0.25) is 4.79 Å². The molecule has 0 amide bonds. The number of hydrogen-bond donors (Lipinski definition) is 2. The lowest BCUT2D eigenvalue weighted by atomic mass is 9.89. The van der Waals surface area contributed by atoms with E-state index in [4.69, 9.17) is 5.11 Å². The highest BCUT2D eigenvalue weighted by atomic mass is 16.4. The van der Waals surface area contributed by atoms with E-state index in [0.29, 0.717) is 6.54 Å². The number of aliphatic carboxylic acids is 1. The smallest absolute Gasteiger partial charge is 0.305 e. The summed E-state index contributed by atoms with van der Waals surface area (Å²) in [5.74, 6) is -0.774. The van der Waals surface area contributed by atoms with E-state index < -0.39 is 5.97 Å². The number of nitrogens with one attached hydrogen (secondary N) is 1. The molecule has 120 valence electrons. The van der Waals surface area contributed by atoms with E-state index in [1.165, 1.54) is 22.3 Å². The Morgan fingerprint density at radius 2 is 1.96 bits per heavy atom. The van der Waals surface area contributed by atoms with Gasteiger partial charge in [0.25, 0.3) is 0 Å². The summed E-state index contributed by atoms with van der Waals surface area (Å²) in [6.07, 6.45) is 1.15. The maximum atomic E-state index is 10.7. The first-order chi connectivity index (χ1) is 11.1. The van der Waals surface area contributed by atoms with E-state index in [2.05, 4.69) is 53.7 Å². The summed E-state index contributed by atoms with van der Waals surface area (Å²) >= 11 is 0. The highest BCUT2D eigenvalue weighted by molar-refractivity contribution is 5.74. The molecule has 0 saturated heterocycles. The summed E-state index contributed by atoms with van der Waals surface area (Å²) < 4.78 is 0. The van der Waals surface area contributed by atoms with Crippen molar-refractivity contribution in [1.82, 2.24) is 4.90 Å². The van der Waals surface area contributed by atoms with Crippen LogP contribution in [-0.4, -0.2) is 36.1 Å². The van der Waals surface area contributed by atoms with Crippen LogP contribution in [0.3, 0.4) is 0 Å². The maximum absolute atomic E-state index is 10.7. The van der Waals surface area contributed by atoms with Crippen LogP contribution in [0, 0.1) is 0 Å². The lowest BCUT2D eigenvalue weighted by Crippen LogP contribution is -2.28. The molecular weight excluding hydrogens is 288 g/mol. The van der Waals surface area contributed by atoms with Crippen molar-refractivity contribution < 1.29 is 9.90 Å². The standard InChI is InChI=1S/C19H22N2O2/c1-21-12-10-16-15(14-5-3-2-4-6-14)7-8-18(17(16)13-21)20-11-9-19(22)23/h2-8,20H,9-13H2,1H3,(H,22,23). The first-order valence-electron chi connectivity index (χ1n) is 7.99. The topological polar surface area (TPSA) is 52.6 Å². The number of likely N-dealkylation sites (N-methyl/N-ethyl adjacent to an activating group) is 1. The predicted octanol–water partition coefficient (Wildman–Crippen LogP) is 3.23. The second kappa shape index (κ2) is 6.84. The van der Waals surface area contributed by atoms with Crippen molar-refractivity contribution >= 4 is 11.7 Å². The molecule has 0 bridgehead atoms. The van der Waals surface area contributed by atoms with Gasteiger partial charge < -0.3 is 15.3 Å². The minimum Gasteiger partial charge on any atom is -0.481 e. The van der Waals surface area contributed by atoms with E-state index in [1.807, 2.05) is 6.07 Å². The number of carboxylic acids is 1. The zero-order valence-electron chi connectivity index (χ0n) is 13.4. The fourth-order valence-corrected chi connectivity index (χ4v) is 3.17. The normalized spacial score (nSPS) is 14.3. The number of nitrogens with zero attached hydrogens (tertiary/aromatic N) is 1. The van der Waals surface area contributed by atoms with Crippen molar-refractivity contribution in [3.05, 3.63) is 53.6 Å². The van der Waals surface area contributed by atoms with Gasteiger partial charge in [0.1, 0.15) is 0 Å². The number of fused-ring (bicyclic) bond motifs is 1. The van der Waals surface area contributed by atoms with Gasteiger partial charge in [-0.25, -0.2) is 0 Å². The predicted molar refractivity (Wildman–Crippen MR) is 92.7 cm³/mol. The molecule has 0 aromatic heterocycles. The minimum absolute atomic E-state index is 0.130. The van der Waals surface area contributed by atoms with Crippen molar-refractivity contribution in [2.75, 3.05) is 25.5 Å². The van der Waals surface area contributed by atoms with Crippen molar-refractivity contribution in [3.8, 4) is 11.1 Å². The summed E-state index contributed by atoms with van der Waals surface area (Å²) in [5.41, 5.74) is 6.27. The van der Waals surface area contributed by atoms with Gasteiger partial charge in [-0.2, -0.15) is 0 Å². The van der Waals surface area contributed by atoms with Crippen LogP contribution in [0.4, 0.5) is 5.69 Å². The van der Waals surface area contributed by atoms with Crippen LogP contribution in [0.25, 0.3) is 11.1 Å². The average Bonchev–Trinajstić information content (AvgIpc) is 2.55. The summed E-state index contributed by atoms with van der Waals surface area (Å²) in [4.78, 5) is 13.0. The highest BCUT2D eigenvalue weighted by Gasteiger charge is 2.20. The monoisotopic (exact) mass is 310 g/mol. The summed E-state index contributed by atoms with van der Waals surface area (Å²) in [6, 6.07) is 14.7. The van der Waals surface area contributed by atoms with Crippen LogP contribution in [-0.2, 0) is 17.8 Å². The molecule has 1 heterocycles. The Kier molecular flexibility index (Phi) is 4.63. The minimum atomic E-state index is -0.774. The zero-order chi connectivity index (χ0) is 16.2. The van der Waals surface area contributed by atoms with Gasteiger partial charge in [0.2, 0.25) is 0 Å². The van der Waals surface area contributed by atoms with E-state index in [-0.39, 0.29) is 6.42 Å². The lowest BCUT2D eigenvalue weighted by molar-refractivity contribution is -0.136. The summed E-state index contributed by atoms with van der Waals surface area (Å²) in [7, 11) is 2.12. The van der Waals surface area contributed by atoms with Gasteiger partial charge in [-0.15, -0.1) is 0 Å². The van der Waals surface area contributed by atoms with Crippen LogP contribution in [0.2, 0.25) is 0 Å². The van der Waals surface area contributed by atoms with Crippen LogP contribution in [0.1, 0.15) is 17.5 Å². The Morgan fingerprint density at radius 1 is 1.17 bits per heavy atom. The first kappa shape index (κ1) is 15.6. The number of carboxylic acid groups (broad SMARTS) is 1. The molecule has 0 unspecified atom stereocenters. The molecule has 0 aliphatic carbocycles. The zero-order valence-corrected chi connectivity index (χ0v) is 13.4. The van der Waals surface area contributed by atoms with Gasteiger partial charge >= 0.3 is 5.97 Å². The number of anilines is 1. The third kappa shape index (κ3) is 3.54. The third-order valence-electron chi connectivity index (χ3n) is 4.34.